The molecule has 13 heavy (non-hydrogen) atoms. The molecule has 1 N–H and O–H groups in total. The van der Waals surface area contributed by atoms with Gasteiger partial charge in [-0.15, -0.1) is 0 Å². The monoisotopic (exact) mass is 183 g/mol. The summed E-state index contributed by atoms with van der Waals surface area (Å²) >= 11 is 0. The molecule has 2 rings (SSSR count). The van der Waals surface area contributed by atoms with Gasteiger partial charge in [0.15, 0.2) is 5.78 Å². The number of carboxylic acid groups (broad SMARTS) is 1. The minimum atomic E-state index is -0.970. The third-order valence-corrected chi connectivity index (χ3v) is 3.37. The highest BCUT2D eigenvalue weighted by atomic mass is 16.4. The van der Waals surface area contributed by atoms with Gasteiger partial charge in [-0.05, 0) is 19.3 Å². The molecule has 0 aromatic carbocycles. The summed E-state index contributed by atoms with van der Waals surface area (Å²) in [4.78, 5) is 23.4. The summed E-state index contributed by atoms with van der Waals surface area (Å²) in [5.74, 6) is 0.132. The van der Waals surface area contributed by atoms with E-state index in [-0.39, 0.29) is 17.7 Å². The highest BCUT2D eigenvalue weighted by Gasteiger charge is 2.47. The summed E-state index contributed by atoms with van der Waals surface area (Å²) < 4.78 is 0. The van der Waals surface area contributed by atoms with Crippen LogP contribution >= 0.6 is 0 Å². The predicted octanol–water partition coefficient (Wildman–Crippen LogP) is 1.11. The minimum absolute atomic E-state index is 0.106. The summed E-state index contributed by atoms with van der Waals surface area (Å²) in [6, 6.07) is 0. The van der Waals surface area contributed by atoms with E-state index in [0.29, 0.717) is 6.54 Å². The second-order valence-electron chi connectivity index (χ2n) is 4.01. The smallest absolute Gasteiger partial charge is 0.407 e. The van der Waals surface area contributed by atoms with Gasteiger partial charge < -0.3 is 10.0 Å². The van der Waals surface area contributed by atoms with Crippen molar-refractivity contribution in [1.82, 2.24) is 4.90 Å². The quantitative estimate of drug-likeness (QED) is 0.612. The molecule has 1 amide bonds. The first-order valence-corrected chi connectivity index (χ1v) is 4.65. The van der Waals surface area contributed by atoms with E-state index in [1.54, 1.807) is 0 Å². The van der Waals surface area contributed by atoms with Crippen LogP contribution in [0.4, 0.5) is 4.79 Å². The fraction of sp³-hybridized carbons (Fsp3) is 0.778. The maximum absolute atomic E-state index is 11.6. The molecule has 0 aromatic heterocycles. The molecule has 1 saturated carbocycles. The van der Waals surface area contributed by atoms with Gasteiger partial charge in [0, 0.05) is 12.0 Å². The van der Waals surface area contributed by atoms with E-state index in [1.165, 1.54) is 4.90 Å². The zero-order valence-corrected chi connectivity index (χ0v) is 7.45. The van der Waals surface area contributed by atoms with Crippen molar-refractivity contribution in [2.24, 2.45) is 5.41 Å². The van der Waals surface area contributed by atoms with Gasteiger partial charge in [-0.25, -0.2) is 4.79 Å². The number of carbonyl (C=O) groups is 2. The molecule has 0 aromatic rings. The molecule has 4 heteroatoms. The van der Waals surface area contributed by atoms with E-state index in [0.717, 1.165) is 25.7 Å². The lowest BCUT2D eigenvalue weighted by Crippen LogP contribution is -2.52. The summed E-state index contributed by atoms with van der Waals surface area (Å²) in [5, 5.41) is 8.69. The number of amides is 1. The zero-order valence-electron chi connectivity index (χ0n) is 7.45. The second kappa shape index (κ2) is 2.72. The molecule has 1 heterocycles. The Morgan fingerprint density at radius 1 is 1.38 bits per heavy atom. The van der Waals surface area contributed by atoms with E-state index in [4.69, 9.17) is 5.11 Å². The molecular formula is C9H13NO3. The second-order valence-corrected chi connectivity index (χ2v) is 4.01. The first-order chi connectivity index (χ1) is 6.14. The van der Waals surface area contributed by atoms with Crippen LogP contribution in [0.1, 0.15) is 25.7 Å². The highest BCUT2D eigenvalue weighted by molar-refractivity contribution is 5.90. The van der Waals surface area contributed by atoms with Crippen LogP contribution in [-0.4, -0.2) is 35.0 Å². The van der Waals surface area contributed by atoms with Crippen molar-refractivity contribution < 1.29 is 14.7 Å². The molecule has 4 nitrogen and oxygen atoms in total. The largest absolute Gasteiger partial charge is 0.465 e. The van der Waals surface area contributed by atoms with Gasteiger partial charge >= 0.3 is 6.09 Å². The van der Waals surface area contributed by atoms with Crippen molar-refractivity contribution in [1.29, 1.82) is 0 Å². The zero-order chi connectivity index (χ0) is 9.47. The van der Waals surface area contributed by atoms with Gasteiger partial charge in [0.1, 0.15) is 0 Å². The van der Waals surface area contributed by atoms with Crippen LogP contribution in [-0.2, 0) is 4.79 Å². The molecule has 1 aliphatic carbocycles. The van der Waals surface area contributed by atoms with E-state index in [1.807, 2.05) is 0 Å². The molecule has 1 saturated heterocycles. The average molecular weight is 183 g/mol. The third kappa shape index (κ3) is 1.20. The van der Waals surface area contributed by atoms with Gasteiger partial charge in [-0.2, -0.15) is 0 Å². The lowest BCUT2D eigenvalue weighted by atomic mass is 9.62. The molecule has 1 aliphatic heterocycles. The predicted molar refractivity (Wildman–Crippen MR) is 45.5 cm³/mol. The highest BCUT2D eigenvalue weighted by Crippen LogP contribution is 2.46. The third-order valence-electron chi connectivity index (χ3n) is 3.37. The van der Waals surface area contributed by atoms with E-state index in [9.17, 15) is 9.59 Å². The summed E-state index contributed by atoms with van der Waals surface area (Å²) in [5.41, 5.74) is -0.119. The Kier molecular flexibility index (Phi) is 1.78. The van der Waals surface area contributed by atoms with Crippen molar-refractivity contribution in [2.45, 2.75) is 25.7 Å². The average Bonchev–Trinajstić information content (AvgIpc) is 2.01. The van der Waals surface area contributed by atoms with Crippen LogP contribution in [0.15, 0.2) is 0 Å². The topological polar surface area (TPSA) is 57.6 Å². The molecule has 2 aliphatic rings. The molecule has 2 fully saturated rings. The lowest BCUT2D eigenvalue weighted by Gasteiger charge is -2.45. The summed E-state index contributed by atoms with van der Waals surface area (Å²) in [7, 11) is 0. The normalized spacial score (nSPS) is 25.8. The summed E-state index contributed by atoms with van der Waals surface area (Å²) in [6.45, 7) is 0.635. The number of likely N-dealkylation sites (tertiary alicyclic amines) is 1. The Morgan fingerprint density at radius 2 is 2.08 bits per heavy atom. The molecule has 1 spiro atoms. The van der Waals surface area contributed by atoms with Crippen LogP contribution in [0.5, 0.6) is 0 Å². The maximum atomic E-state index is 11.6. The number of hydrogen-bond acceptors (Lipinski definition) is 2. The van der Waals surface area contributed by atoms with E-state index < -0.39 is 6.09 Å². The first-order valence-electron chi connectivity index (χ1n) is 4.65. The standard InChI is InChI=1S/C9H13NO3/c11-7-6-10(8(12)13)5-4-9(7)2-1-3-9/h1-6H2,(H,12,13). The molecule has 0 bridgehead atoms. The van der Waals surface area contributed by atoms with E-state index in [2.05, 4.69) is 0 Å². The Hall–Kier alpha value is -1.06. The van der Waals surface area contributed by atoms with Crippen LogP contribution in [0.2, 0.25) is 0 Å². The van der Waals surface area contributed by atoms with Crippen molar-refractivity contribution in [3.8, 4) is 0 Å². The Balaban J connectivity index is 2.04. The Labute approximate surface area is 76.5 Å². The maximum Gasteiger partial charge on any atom is 0.407 e. The van der Waals surface area contributed by atoms with Gasteiger partial charge in [-0.3, -0.25) is 4.79 Å². The fourth-order valence-corrected chi connectivity index (χ4v) is 2.20. The fourth-order valence-electron chi connectivity index (χ4n) is 2.20. The van der Waals surface area contributed by atoms with Gasteiger partial charge in [-0.1, -0.05) is 6.42 Å². The molecular weight excluding hydrogens is 170 g/mol. The first kappa shape index (κ1) is 8.53. The Bertz CT molecular complexity index is 258. The molecule has 72 valence electrons. The van der Waals surface area contributed by atoms with Crippen LogP contribution < -0.4 is 0 Å². The number of carbonyl (C=O) groups excluding carboxylic acids is 1. The number of piperidine rings is 1. The van der Waals surface area contributed by atoms with Gasteiger partial charge in [0.2, 0.25) is 0 Å². The molecule has 0 radical (unpaired) electrons. The number of nitrogens with zero attached hydrogens (tertiary/aromatic N) is 1. The van der Waals surface area contributed by atoms with Crippen LogP contribution in [0.25, 0.3) is 0 Å². The number of rotatable bonds is 0. The Morgan fingerprint density at radius 3 is 2.46 bits per heavy atom. The lowest BCUT2D eigenvalue weighted by molar-refractivity contribution is -0.138. The molecule has 0 atom stereocenters. The molecule has 0 unspecified atom stereocenters. The minimum Gasteiger partial charge on any atom is -0.465 e. The van der Waals surface area contributed by atoms with Crippen molar-refractivity contribution in [2.75, 3.05) is 13.1 Å². The summed E-state index contributed by atoms with van der Waals surface area (Å²) in [6.07, 6.45) is 2.83. The van der Waals surface area contributed by atoms with Crippen LogP contribution in [0.3, 0.4) is 0 Å². The van der Waals surface area contributed by atoms with Crippen LogP contribution in [0, 0.1) is 5.41 Å². The number of Topliss-reactive ketones (excluding diaryl/α,β-unsaturated/α-hetero) is 1. The van der Waals surface area contributed by atoms with Crippen molar-refractivity contribution >= 4 is 11.9 Å². The number of hydrogen-bond donors (Lipinski definition) is 1. The number of ketones is 1. The van der Waals surface area contributed by atoms with E-state index >= 15 is 0 Å². The van der Waals surface area contributed by atoms with Crippen molar-refractivity contribution in [3.05, 3.63) is 0 Å². The van der Waals surface area contributed by atoms with Gasteiger partial charge in [0.05, 0.1) is 6.54 Å². The van der Waals surface area contributed by atoms with Crippen molar-refractivity contribution in [3.63, 3.8) is 0 Å². The SMILES string of the molecule is O=C(O)N1CCC2(CCC2)C(=O)C1. The van der Waals surface area contributed by atoms with Gasteiger partial charge in [0.25, 0.3) is 0 Å².